The minimum Gasteiger partial charge on any atom is -0.373 e. The van der Waals surface area contributed by atoms with E-state index in [4.69, 9.17) is 4.74 Å². The summed E-state index contributed by atoms with van der Waals surface area (Å²) in [7, 11) is 0. The summed E-state index contributed by atoms with van der Waals surface area (Å²) >= 11 is 0. The van der Waals surface area contributed by atoms with E-state index in [-0.39, 0.29) is 12.2 Å². The van der Waals surface area contributed by atoms with E-state index in [0.29, 0.717) is 12.1 Å². The maximum atomic E-state index is 5.83. The number of ether oxygens (including phenoxy) is 1. The fourth-order valence-corrected chi connectivity index (χ4v) is 1.29. The molecular formula is C12H28N2O. The van der Waals surface area contributed by atoms with Crippen molar-refractivity contribution in [3.63, 3.8) is 0 Å². The van der Waals surface area contributed by atoms with Gasteiger partial charge in [-0.15, -0.1) is 0 Å². The van der Waals surface area contributed by atoms with Gasteiger partial charge >= 0.3 is 0 Å². The molecule has 0 fully saturated rings. The van der Waals surface area contributed by atoms with Crippen molar-refractivity contribution < 1.29 is 4.74 Å². The van der Waals surface area contributed by atoms with Gasteiger partial charge in [0, 0.05) is 25.2 Å². The smallest absolute Gasteiger partial charge is 0.0827 e. The molecule has 0 amide bonds. The monoisotopic (exact) mass is 216 g/mol. The summed E-state index contributed by atoms with van der Waals surface area (Å²) in [5.41, 5.74) is 0. The maximum Gasteiger partial charge on any atom is 0.0827 e. The van der Waals surface area contributed by atoms with Crippen LogP contribution in [0.3, 0.4) is 0 Å². The van der Waals surface area contributed by atoms with Gasteiger partial charge in [0.15, 0.2) is 0 Å². The molecule has 92 valence electrons. The standard InChI is InChI=1S/C12H28N2O/c1-9(2)13-7-12(15-11(5)6)8-14-10(3)4/h9-14H,7-8H2,1-6H3. The van der Waals surface area contributed by atoms with Crippen molar-refractivity contribution in [2.75, 3.05) is 13.1 Å². The van der Waals surface area contributed by atoms with E-state index >= 15 is 0 Å². The Morgan fingerprint density at radius 2 is 1.20 bits per heavy atom. The van der Waals surface area contributed by atoms with Crippen LogP contribution >= 0.6 is 0 Å². The summed E-state index contributed by atoms with van der Waals surface area (Å²) in [5, 5.41) is 6.82. The van der Waals surface area contributed by atoms with Gasteiger partial charge in [-0.25, -0.2) is 0 Å². The van der Waals surface area contributed by atoms with Crippen LogP contribution in [0.2, 0.25) is 0 Å². The second-order valence-electron chi connectivity index (χ2n) is 4.93. The predicted octanol–water partition coefficient (Wildman–Crippen LogP) is 1.78. The van der Waals surface area contributed by atoms with Gasteiger partial charge in [0.2, 0.25) is 0 Å². The molecule has 0 bridgehead atoms. The number of rotatable bonds is 8. The molecule has 0 aliphatic carbocycles. The Kier molecular flexibility index (Phi) is 8.02. The summed E-state index contributed by atoms with van der Waals surface area (Å²) in [6.07, 6.45) is 0.549. The molecule has 15 heavy (non-hydrogen) atoms. The molecule has 0 radical (unpaired) electrons. The van der Waals surface area contributed by atoms with Crippen LogP contribution in [0.5, 0.6) is 0 Å². The first-order valence-electron chi connectivity index (χ1n) is 6.04. The molecule has 0 saturated heterocycles. The predicted molar refractivity (Wildman–Crippen MR) is 66.3 cm³/mol. The maximum absolute atomic E-state index is 5.83. The Morgan fingerprint density at radius 3 is 1.47 bits per heavy atom. The Labute approximate surface area is 95.0 Å². The van der Waals surface area contributed by atoms with Crippen LogP contribution < -0.4 is 10.6 Å². The van der Waals surface area contributed by atoms with Crippen LogP contribution in [0.15, 0.2) is 0 Å². The molecule has 0 saturated carbocycles. The minimum absolute atomic E-state index is 0.259. The van der Waals surface area contributed by atoms with Crippen LogP contribution in [0, 0.1) is 0 Å². The zero-order valence-corrected chi connectivity index (χ0v) is 11.1. The van der Waals surface area contributed by atoms with Crippen molar-refractivity contribution in [1.82, 2.24) is 10.6 Å². The Bertz CT molecular complexity index is 135. The molecule has 0 spiro atoms. The zero-order valence-electron chi connectivity index (χ0n) is 11.1. The highest BCUT2D eigenvalue weighted by Gasteiger charge is 2.11. The third kappa shape index (κ3) is 10.2. The lowest BCUT2D eigenvalue weighted by atomic mass is 10.2. The number of hydrogen-bond acceptors (Lipinski definition) is 3. The lowest BCUT2D eigenvalue weighted by molar-refractivity contribution is 0.00738. The number of nitrogens with one attached hydrogen (secondary N) is 2. The molecule has 0 aromatic rings. The molecular weight excluding hydrogens is 188 g/mol. The average molecular weight is 216 g/mol. The summed E-state index contributed by atoms with van der Waals surface area (Å²) in [6, 6.07) is 1.03. The first-order chi connectivity index (χ1) is 6.91. The van der Waals surface area contributed by atoms with Gasteiger partial charge in [0.25, 0.3) is 0 Å². The van der Waals surface area contributed by atoms with Gasteiger partial charge in [-0.3, -0.25) is 0 Å². The second kappa shape index (κ2) is 8.08. The molecule has 0 atom stereocenters. The van der Waals surface area contributed by atoms with Crippen molar-refractivity contribution in [2.45, 2.75) is 65.8 Å². The molecule has 0 aliphatic heterocycles. The van der Waals surface area contributed by atoms with Crippen LogP contribution in [0.4, 0.5) is 0 Å². The number of hydrogen-bond donors (Lipinski definition) is 2. The quantitative estimate of drug-likeness (QED) is 0.649. The highest BCUT2D eigenvalue weighted by Crippen LogP contribution is 1.97. The summed E-state index contributed by atoms with van der Waals surface area (Å²) < 4.78 is 5.83. The van der Waals surface area contributed by atoms with Crippen molar-refractivity contribution in [3.8, 4) is 0 Å². The Hall–Kier alpha value is -0.120. The van der Waals surface area contributed by atoms with Gasteiger partial charge in [-0.1, -0.05) is 27.7 Å². The van der Waals surface area contributed by atoms with E-state index in [1.54, 1.807) is 0 Å². The van der Waals surface area contributed by atoms with Gasteiger partial charge in [-0.2, -0.15) is 0 Å². The van der Waals surface area contributed by atoms with E-state index in [0.717, 1.165) is 13.1 Å². The fraction of sp³-hybridized carbons (Fsp3) is 1.00. The molecule has 0 aromatic carbocycles. The molecule has 0 unspecified atom stereocenters. The van der Waals surface area contributed by atoms with Crippen molar-refractivity contribution in [1.29, 1.82) is 0 Å². The van der Waals surface area contributed by atoms with E-state index in [1.165, 1.54) is 0 Å². The molecule has 0 aliphatic rings. The van der Waals surface area contributed by atoms with E-state index in [9.17, 15) is 0 Å². The van der Waals surface area contributed by atoms with Crippen LogP contribution in [0.1, 0.15) is 41.5 Å². The molecule has 0 rings (SSSR count). The van der Waals surface area contributed by atoms with Crippen molar-refractivity contribution in [2.24, 2.45) is 0 Å². The van der Waals surface area contributed by atoms with Crippen molar-refractivity contribution >= 4 is 0 Å². The molecule has 3 nitrogen and oxygen atoms in total. The van der Waals surface area contributed by atoms with Crippen LogP contribution in [0.25, 0.3) is 0 Å². The average Bonchev–Trinajstić information content (AvgIpc) is 2.08. The summed E-state index contributed by atoms with van der Waals surface area (Å²) in [4.78, 5) is 0. The van der Waals surface area contributed by atoms with Gasteiger partial charge in [0.05, 0.1) is 12.2 Å². The Balaban J connectivity index is 3.84. The normalized spacial score (nSPS) is 12.4. The van der Waals surface area contributed by atoms with Gasteiger partial charge in [-0.05, 0) is 13.8 Å². The second-order valence-corrected chi connectivity index (χ2v) is 4.93. The summed E-state index contributed by atoms with van der Waals surface area (Å²) in [6.45, 7) is 14.6. The van der Waals surface area contributed by atoms with Crippen LogP contribution in [-0.4, -0.2) is 37.4 Å². The summed E-state index contributed by atoms with van der Waals surface area (Å²) in [5.74, 6) is 0. The molecule has 3 heteroatoms. The fourth-order valence-electron chi connectivity index (χ4n) is 1.29. The SMILES string of the molecule is CC(C)NCC(CNC(C)C)OC(C)C. The van der Waals surface area contributed by atoms with Gasteiger partial charge in [0.1, 0.15) is 0 Å². The third-order valence-corrected chi connectivity index (χ3v) is 1.97. The molecule has 0 heterocycles. The van der Waals surface area contributed by atoms with Gasteiger partial charge < -0.3 is 15.4 Å². The highest BCUT2D eigenvalue weighted by molar-refractivity contribution is 4.69. The minimum atomic E-state index is 0.259. The van der Waals surface area contributed by atoms with E-state index in [2.05, 4.69) is 52.2 Å². The molecule has 0 aromatic heterocycles. The molecule has 2 N–H and O–H groups in total. The lowest BCUT2D eigenvalue weighted by Gasteiger charge is -2.23. The topological polar surface area (TPSA) is 33.3 Å². The zero-order chi connectivity index (χ0) is 11.8. The first-order valence-corrected chi connectivity index (χ1v) is 6.04. The Morgan fingerprint density at radius 1 is 0.800 bits per heavy atom. The third-order valence-electron chi connectivity index (χ3n) is 1.97. The van der Waals surface area contributed by atoms with Crippen molar-refractivity contribution in [3.05, 3.63) is 0 Å². The first kappa shape index (κ1) is 14.9. The lowest BCUT2D eigenvalue weighted by Crippen LogP contribution is -2.42. The van der Waals surface area contributed by atoms with E-state index < -0.39 is 0 Å². The highest BCUT2D eigenvalue weighted by atomic mass is 16.5. The van der Waals surface area contributed by atoms with E-state index in [1.807, 2.05) is 0 Å². The largest absolute Gasteiger partial charge is 0.373 e. The van der Waals surface area contributed by atoms with Crippen LogP contribution in [-0.2, 0) is 4.74 Å².